The molecule has 6 nitrogen and oxygen atoms in total. The van der Waals surface area contributed by atoms with Crippen LogP contribution in [0.1, 0.15) is 19.8 Å². The Bertz CT molecular complexity index is 308. The fourth-order valence-corrected chi connectivity index (χ4v) is 1.29. The molecule has 1 amide bonds. The second-order valence-corrected chi connectivity index (χ2v) is 3.82. The second-order valence-electron chi connectivity index (χ2n) is 3.82. The van der Waals surface area contributed by atoms with E-state index in [4.69, 9.17) is 10.9 Å². The third-order valence-electron chi connectivity index (χ3n) is 2.05. The molecule has 9 heteroatoms. The molecule has 3 N–H and O–H groups in total. The lowest BCUT2D eigenvalue weighted by Gasteiger charge is -2.21. The SMILES string of the molecule is CCCN(CC(N)=NO)C(=O)CCOCC(F)(F)F. The summed E-state index contributed by atoms with van der Waals surface area (Å²) < 4.78 is 39.7. The van der Waals surface area contributed by atoms with Crippen molar-refractivity contribution in [3.63, 3.8) is 0 Å². The minimum atomic E-state index is -4.40. The standard InChI is InChI=1S/C10H18F3N3O3/c1-2-4-16(6-8(14)15-18)9(17)3-5-19-7-10(11,12)13/h18H,2-7H2,1H3,(H2,14,15). The van der Waals surface area contributed by atoms with Gasteiger partial charge in [-0.25, -0.2) is 0 Å². The van der Waals surface area contributed by atoms with Crippen molar-refractivity contribution in [3.05, 3.63) is 0 Å². The number of carbonyl (C=O) groups is 1. The van der Waals surface area contributed by atoms with Crippen LogP contribution in [0, 0.1) is 0 Å². The van der Waals surface area contributed by atoms with Gasteiger partial charge in [-0.3, -0.25) is 4.79 Å². The van der Waals surface area contributed by atoms with E-state index in [1.54, 1.807) is 0 Å². The van der Waals surface area contributed by atoms with Crippen LogP contribution in [0.5, 0.6) is 0 Å². The molecule has 0 aromatic carbocycles. The van der Waals surface area contributed by atoms with E-state index in [9.17, 15) is 18.0 Å². The third kappa shape index (κ3) is 9.11. The van der Waals surface area contributed by atoms with Crippen LogP contribution < -0.4 is 5.73 Å². The summed E-state index contributed by atoms with van der Waals surface area (Å²) in [5.74, 6) is -0.548. The van der Waals surface area contributed by atoms with E-state index in [1.165, 1.54) is 4.90 Å². The van der Waals surface area contributed by atoms with Crippen molar-refractivity contribution in [3.8, 4) is 0 Å². The Morgan fingerprint density at radius 1 is 1.47 bits per heavy atom. The number of amides is 1. The first-order valence-corrected chi connectivity index (χ1v) is 5.68. The van der Waals surface area contributed by atoms with Crippen molar-refractivity contribution < 1.29 is 27.9 Å². The summed E-state index contributed by atoms with van der Waals surface area (Å²) in [5, 5.41) is 11.2. The fourth-order valence-electron chi connectivity index (χ4n) is 1.29. The van der Waals surface area contributed by atoms with E-state index in [2.05, 4.69) is 9.89 Å². The predicted molar refractivity (Wildman–Crippen MR) is 61.8 cm³/mol. The number of nitrogens with two attached hydrogens (primary N) is 1. The van der Waals surface area contributed by atoms with Crippen LogP contribution in [0.4, 0.5) is 13.2 Å². The maximum Gasteiger partial charge on any atom is 0.411 e. The van der Waals surface area contributed by atoms with Crippen molar-refractivity contribution in [1.29, 1.82) is 0 Å². The maximum atomic E-state index is 11.8. The van der Waals surface area contributed by atoms with Crippen molar-refractivity contribution in [1.82, 2.24) is 4.90 Å². The number of alkyl halides is 3. The molecule has 0 aromatic rings. The summed E-state index contributed by atoms with van der Waals surface area (Å²) in [6, 6.07) is 0. The molecule has 112 valence electrons. The average molecular weight is 285 g/mol. The lowest BCUT2D eigenvalue weighted by Crippen LogP contribution is -2.39. The molecule has 0 fully saturated rings. The van der Waals surface area contributed by atoms with E-state index in [1.807, 2.05) is 6.92 Å². The van der Waals surface area contributed by atoms with Gasteiger partial charge < -0.3 is 20.6 Å². The van der Waals surface area contributed by atoms with Gasteiger partial charge in [-0.1, -0.05) is 12.1 Å². The number of rotatable bonds is 8. The first kappa shape index (κ1) is 17.5. The highest BCUT2D eigenvalue weighted by Crippen LogP contribution is 2.14. The largest absolute Gasteiger partial charge is 0.411 e. The molecule has 0 aromatic heterocycles. The van der Waals surface area contributed by atoms with E-state index < -0.39 is 18.7 Å². The first-order valence-electron chi connectivity index (χ1n) is 5.68. The van der Waals surface area contributed by atoms with Gasteiger partial charge >= 0.3 is 6.18 Å². The number of ether oxygens (including phenoxy) is 1. The number of hydrogen-bond donors (Lipinski definition) is 2. The van der Waals surface area contributed by atoms with Crippen LogP contribution in [0.2, 0.25) is 0 Å². The van der Waals surface area contributed by atoms with Crippen molar-refractivity contribution in [2.45, 2.75) is 25.9 Å². The molecule has 0 radical (unpaired) electrons. The predicted octanol–water partition coefficient (Wildman–Crippen LogP) is 0.940. The number of amidine groups is 1. The van der Waals surface area contributed by atoms with Crippen molar-refractivity contribution in [2.24, 2.45) is 10.9 Å². The third-order valence-corrected chi connectivity index (χ3v) is 2.05. The summed E-state index contributed by atoms with van der Waals surface area (Å²) in [6.07, 6.45) is -3.94. The van der Waals surface area contributed by atoms with Crippen LogP contribution in [0.15, 0.2) is 5.16 Å². The summed E-state index contributed by atoms with van der Waals surface area (Å²) in [6.45, 7) is 0.423. The van der Waals surface area contributed by atoms with E-state index in [-0.39, 0.29) is 25.4 Å². The molecule has 0 atom stereocenters. The van der Waals surface area contributed by atoms with Gasteiger partial charge in [-0.15, -0.1) is 0 Å². The van der Waals surface area contributed by atoms with Crippen LogP contribution in [-0.2, 0) is 9.53 Å². The molecule has 0 saturated carbocycles. The number of nitrogens with zero attached hydrogens (tertiary/aromatic N) is 2. The molecular formula is C10H18F3N3O3. The molecule has 0 heterocycles. The average Bonchev–Trinajstić information content (AvgIpc) is 2.32. The Morgan fingerprint density at radius 2 is 2.11 bits per heavy atom. The number of halogens is 3. The molecule has 0 spiro atoms. The Kier molecular flexibility index (Phi) is 7.89. The molecule has 0 aliphatic heterocycles. The van der Waals surface area contributed by atoms with Crippen LogP contribution in [0.3, 0.4) is 0 Å². The van der Waals surface area contributed by atoms with Crippen LogP contribution in [0.25, 0.3) is 0 Å². The Morgan fingerprint density at radius 3 is 2.58 bits per heavy atom. The minimum absolute atomic E-state index is 0.0670. The molecule has 0 unspecified atom stereocenters. The van der Waals surface area contributed by atoms with Gasteiger partial charge in [-0.2, -0.15) is 13.2 Å². The molecule has 0 aliphatic rings. The Balaban J connectivity index is 4.11. The van der Waals surface area contributed by atoms with Gasteiger partial charge in [0.2, 0.25) is 5.91 Å². The van der Waals surface area contributed by atoms with Gasteiger partial charge in [0.05, 0.1) is 19.6 Å². The summed E-state index contributed by atoms with van der Waals surface area (Å²) in [4.78, 5) is 13.0. The lowest BCUT2D eigenvalue weighted by molar-refractivity contribution is -0.175. The van der Waals surface area contributed by atoms with Crippen molar-refractivity contribution in [2.75, 3.05) is 26.3 Å². The monoisotopic (exact) mass is 285 g/mol. The quantitative estimate of drug-likeness (QED) is 0.228. The normalized spacial score (nSPS) is 12.5. The zero-order chi connectivity index (χ0) is 14.9. The molecule has 19 heavy (non-hydrogen) atoms. The smallest absolute Gasteiger partial charge is 0.409 e. The van der Waals surface area contributed by atoms with E-state index >= 15 is 0 Å². The Hall–Kier alpha value is -1.51. The summed E-state index contributed by atoms with van der Waals surface area (Å²) in [5.41, 5.74) is 5.28. The van der Waals surface area contributed by atoms with Gasteiger partial charge in [0, 0.05) is 6.54 Å². The number of hydrogen-bond acceptors (Lipinski definition) is 4. The maximum absolute atomic E-state index is 11.8. The highest BCUT2D eigenvalue weighted by Gasteiger charge is 2.27. The van der Waals surface area contributed by atoms with Crippen LogP contribution in [-0.4, -0.2) is 54.3 Å². The summed E-state index contributed by atoms with van der Waals surface area (Å²) in [7, 11) is 0. The van der Waals surface area contributed by atoms with Gasteiger partial charge in [0.15, 0.2) is 5.84 Å². The fraction of sp³-hybridized carbons (Fsp3) is 0.800. The lowest BCUT2D eigenvalue weighted by atomic mass is 10.3. The second kappa shape index (κ2) is 8.57. The molecule has 0 aliphatic carbocycles. The summed E-state index contributed by atoms with van der Waals surface area (Å²) >= 11 is 0. The minimum Gasteiger partial charge on any atom is -0.409 e. The molecule has 0 rings (SSSR count). The zero-order valence-electron chi connectivity index (χ0n) is 10.6. The van der Waals surface area contributed by atoms with Crippen LogP contribution >= 0.6 is 0 Å². The number of carbonyl (C=O) groups excluding carboxylic acids is 1. The van der Waals surface area contributed by atoms with Gasteiger partial charge in [0.25, 0.3) is 0 Å². The first-order chi connectivity index (χ1) is 8.80. The Labute approximate surface area is 109 Å². The van der Waals surface area contributed by atoms with Crippen molar-refractivity contribution >= 4 is 11.7 Å². The molecule has 0 bridgehead atoms. The van der Waals surface area contributed by atoms with E-state index in [0.717, 1.165) is 0 Å². The van der Waals surface area contributed by atoms with Gasteiger partial charge in [0.1, 0.15) is 6.61 Å². The molecular weight excluding hydrogens is 267 g/mol. The topological polar surface area (TPSA) is 88.1 Å². The highest BCUT2D eigenvalue weighted by atomic mass is 19.4. The molecule has 0 saturated heterocycles. The van der Waals surface area contributed by atoms with Gasteiger partial charge in [-0.05, 0) is 6.42 Å². The van der Waals surface area contributed by atoms with E-state index in [0.29, 0.717) is 13.0 Å². The number of oxime groups is 1. The zero-order valence-corrected chi connectivity index (χ0v) is 10.6. The highest BCUT2D eigenvalue weighted by molar-refractivity contribution is 5.86.